The fourth-order valence-electron chi connectivity index (χ4n) is 1.61. The Bertz CT molecular complexity index is 688. The number of hydrazone groups is 1. The predicted molar refractivity (Wildman–Crippen MR) is 96.5 cm³/mol. The molecule has 1 heterocycles. The van der Waals surface area contributed by atoms with E-state index >= 15 is 0 Å². The van der Waals surface area contributed by atoms with Crippen molar-refractivity contribution in [1.29, 1.82) is 0 Å². The topological polar surface area (TPSA) is 58.5 Å². The van der Waals surface area contributed by atoms with Gasteiger partial charge in [-0.05, 0) is 49.5 Å². The molecular formula is C15H15BrN4OS. The van der Waals surface area contributed by atoms with Gasteiger partial charge < -0.3 is 10.1 Å². The van der Waals surface area contributed by atoms with E-state index < -0.39 is 0 Å². The molecule has 2 rings (SSSR count). The van der Waals surface area contributed by atoms with E-state index in [1.165, 1.54) is 0 Å². The Labute approximate surface area is 142 Å². The second kappa shape index (κ2) is 7.86. The number of benzene rings is 1. The van der Waals surface area contributed by atoms with Gasteiger partial charge in [-0.1, -0.05) is 22.0 Å². The summed E-state index contributed by atoms with van der Waals surface area (Å²) in [5.74, 6) is 0.544. The van der Waals surface area contributed by atoms with E-state index in [1.807, 2.05) is 43.3 Å². The summed E-state index contributed by atoms with van der Waals surface area (Å²) in [5.41, 5.74) is 5.11. The first-order valence-electron chi connectivity index (χ1n) is 6.47. The highest BCUT2D eigenvalue weighted by molar-refractivity contribution is 9.10. The number of hydrogen-bond acceptors (Lipinski definition) is 4. The monoisotopic (exact) mass is 378 g/mol. The number of pyridine rings is 1. The molecule has 2 aromatic rings. The lowest BCUT2D eigenvalue weighted by Crippen LogP contribution is -2.25. The lowest BCUT2D eigenvalue weighted by Gasteiger charge is -2.08. The molecule has 0 aliphatic rings. The van der Waals surface area contributed by atoms with E-state index in [4.69, 9.17) is 17.0 Å². The lowest BCUT2D eigenvalue weighted by atomic mass is 10.2. The molecule has 0 radical (unpaired) electrons. The zero-order valence-electron chi connectivity index (χ0n) is 12.1. The third-order valence-corrected chi connectivity index (χ3v) is 3.45. The van der Waals surface area contributed by atoms with Crippen LogP contribution in [0.4, 0.5) is 5.69 Å². The average Bonchev–Trinajstić information content (AvgIpc) is 2.55. The van der Waals surface area contributed by atoms with Crippen molar-refractivity contribution in [1.82, 2.24) is 10.4 Å². The van der Waals surface area contributed by atoms with E-state index in [-0.39, 0.29) is 0 Å². The van der Waals surface area contributed by atoms with E-state index in [0.29, 0.717) is 16.7 Å². The number of rotatable bonds is 4. The summed E-state index contributed by atoms with van der Waals surface area (Å²) in [5, 5.41) is 7.67. The smallest absolute Gasteiger partial charge is 0.213 e. The van der Waals surface area contributed by atoms with Crippen LogP contribution < -0.4 is 15.5 Å². The van der Waals surface area contributed by atoms with Crippen molar-refractivity contribution in [2.24, 2.45) is 5.10 Å². The molecule has 2 N–H and O–H groups in total. The maximum absolute atomic E-state index is 5.20. The maximum Gasteiger partial charge on any atom is 0.213 e. The SMILES string of the molecule is COc1cccc(/C(C)=N/NC(=S)Nc2ccc(Br)cc2)n1. The summed E-state index contributed by atoms with van der Waals surface area (Å²) >= 11 is 8.58. The van der Waals surface area contributed by atoms with Gasteiger partial charge in [0.25, 0.3) is 0 Å². The second-order valence-electron chi connectivity index (χ2n) is 4.34. The first-order valence-corrected chi connectivity index (χ1v) is 7.67. The molecule has 0 aliphatic heterocycles. The van der Waals surface area contributed by atoms with Crippen LogP contribution in [0.5, 0.6) is 5.88 Å². The number of aromatic nitrogens is 1. The number of halogens is 1. The molecule has 22 heavy (non-hydrogen) atoms. The van der Waals surface area contributed by atoms with Gasteiger partial charge in [0.05, 0.1) is 18.5 Å². The molecule has 7 heteroatoms. The Morgan fingerprint density at radius 3 is 2.64 bits per heavy atom. The number of nitrogens with one attached hydrogen (secondary N) is 2. The molecular weight excluding hydrogens is 364 g/mol. The van der Waals surface area contributed by atoms with Crippen molar-refractivity contribution in [2.45, 2.75) is 6.92 Å². The van der Waals surface area contributed by atoms with Gasteiger partial charge >= 0.3 is 0 Å². The normalized spacial score (nSPS) is 11.0. The summed E-state index contributed by atoms with van der Waals surface area (Å²) in [6, 6.07) is 13.2. The number of hydrogen-bond donors (Lipinski definition) is 2. The van der Waals surface area contributed by atoms with Crippen LogP contribution in [0.3, 0.4) is 0 Å². The van der Waals surface area contributed by atoms with Crippen LogP contribution in [0.25, 0.3) is 0 Å². The fourth-order valence-corrected chi connectivity index (χ4v) is 2.04. The second-order valence-corrected chi connectivity index (χ2v) is 5.66. The fraction of sp³-hybridized carbons (Fsp3) is 0.133. The summed E-state index contributed by atoms with van der Waals surface area (Å²) in [6.07, 6.45) is 0. The number of ether oxygens (including phenoxy) is 1. The zero-order valence-corrected chi connectivity index (χ0v) is 14.5. The van der Waals surface area contributed by atoms with Crippen molar-refractivity contribution in [3.8, 4) is 5.88 Å². The molecule has 114 valence electrons. The average molecular weight is 379 g/mol. The van der Waals surface area contributed by atoms with Crippen LogP contribution in [0, 0.1) is 0 Å². The highest BCUT2D eigenvalue weighted by atomic mass is 79.9. The van der Waals surface area contributed by atoms with Crippen LogP contribution in [-0.2, 0) is 0 Å². The molecule has 0 bridgehead atoms. The highest BCUT2D eigenvalue weighted by Gasteiger charge is 2.02. The largest absolute Gasteiger partial charge is 0.481 e. The van der Waals surface area contributed by atoms with Gasteiger partial charge in [-0.2, -0.15) is 5.10 Å². The first-order chi connectivity index (χ1) is 10.6. The Kier molecular flexibility index (Phi) is 5.85. The van der Waals surface area contributed by atoms with Crippen molar-refractivity contribution in [2.75, 3.05) is 12.4 Å². The van der Waals surface area contributed by atoms with Crippen molar-refractivity contribution in [3.05, 3.63) is 52.6 Å². The standard InChI is InChI=1S/C15H15BrN4OS/c1-10(13-4-3-5-14(18-13)21-2)19-20-15(22)17-12-8-6-11(16)7-9-12/h3-9H,1-2H3,(H2,17,20,22)/b19-10+. The Balaban J connectivity index is 1.97. The van der Waals surface area contributed by atoms with Gasteiger partial charge in [0.2, 0.25) is 5.88 Å². The highest BCUT2D eigenvalue weighted by Crippen LogP contribution is 2.14. The minimum Gasteiger partial charge on any atom is -0.481 e. The molecule has 0 spiro atoms. The van der Waals surface area contributed by atoms with E-state index in [9.17, 15) is 0 Å². The van der Waals surface area contributed by atoms with Gasteiger partial charge in [-0.15, -0.1) is 0 Å². The number of anilines is 1. The van der Waals surface area contributed by atoms with Crippen molar-refractivity contribution >= 4 is 44.7 Å². The quantitative estimate of drug-likeness (QED) is 0.483. The first kappa shape index (κ1) is 16.4. The summed E-state index contributed by atoms with van der Waals surface area (Å²) in [7, 11) is 1.58. The maximum atomic E-state index is 5.20. The van der Waals surface area contributed by atoms with E-state index in [1.54, 1.807) is 13.2 Å². The summed E-state index contributed by atoms with van der Waals surface area (Å²) < 4.78 is 6.10. The molecule has 5 nitrogen and oxygen atoms in total. The molecule has 1 aromatic heterocycles. The Hall–Kier alpha value is -1.99. The van der Waals surface area contributed by atoms with Crippen LogP contribution >= 0.6 is 28.1 Å². The third-order valence-electron chi connectivity index (χ3n) is 2.73. The molecule has 1 aromatic carbocycles. The van der Waals surface area contributed by atoms with Crippen LogP contribution in [0.2, 0.25) is 0 Å². The lowest BCUT2D eigenvalue weighted by molar-refractivity contribution is 0.397. The molecule has 0 saturated carbocycles. The van der Waals surface area contributed by atoms with Crippen molar-refractivity contribution < 1.29 is 4.74 Å². The molecule has 0 fully saturated rings. The number of nitrogens with zero attached hydrogens (tertiary/aromatic N) is 2. The number of thiocarbonyl (C=S) groups is 1. The van der Waals surface area contributed by atoms with Crippen molar-refractivity contribution in [3.63, 3.8) is 0 Å². The van der Waals surface area contributed by atoms with E-state index in [0.717, 1.165) is 15.9 Å². The molecule has 0 atom stereocenters. The minimum atomic E-state index is 0.407. The third kappa shape index (κ3) is 4.78. The number of methoxy groups -OCH3 is 1. The van der Waals surface area contributed by atoms with Crippen LogP contribution in [-0.4, -0.2) is 22.9 Å². The Morgan fingerprint density at radius 2 is 1.95 bits per heavy atom. The predicted octanol–water partition coefficient (Wildman–Crippen LogP) is 3.56. The zero-order chi connectivity index (χ0) is 15.9. The van der Waals surface area contributed by atoms with Gasteiger partial charge in [0.1, 0.15) is 0 Å². The van der Waals surface area contributed by atoms with Gasteiger partial charge in [0, 0.05) is 16.2 Å². The molecule has 0 aliphatic carbocycles. The van der Waals surface area contributed by atoms with Gasteiger partial charge in [0.15, 0.2) is 5.11 Å². The van der Waals surface area contributed by atoms with E-state index in [2.05, 4.69) is 36.8 Å². The molecule has 0 unspecified atom stereocenters. The van der Waals surface area contributed by atoms with Crippen LogP contribution in [0.15, 0.2) is 52.0 Å². The molecule has 0 amide bonds. The van der Waals surface area contributed by atoms with Gasteiger partial charge in [-0.3, -0.25) is 5.43 Å². The summed E-state index contributed by atoms with van der Waals surface area (Å²) in [4.78, 5) is 4.30. The molecule has 0 saturated heterocycles. The van der Waals surface area contributed by atoms with Crippen LogP contribution in [0.1, 0.15) is 12.6 Å². The minimum absolute atomic E-state index is 0.407. The Morgan fingerprint density at radius 1 is 1.23 bits per heavy atom. The van der Waals surface area contributed by atoms with Gasteiger partial charge in [-0.25, -0.2) is 4.98 Å². The summed E-state index contributed by atoms with van der Waals surface area (Å²) in [6.45, 7) is 1.84.